The van der Waals surface area contributed by atoms with E-state index in [0.717, 1.165) is 25.7 Å². The van der Waals surface area contributed by atoms with Gasteiger partial charge in [-0.2, -0.15) is 0 Å². The molecule has 0 spiro atoms. The monoisotopic (exact) mass is 267 g/mol. The van der Waals surface area contributed by atoms with Crippen LogP contribution in [0.4, 0.5) is 0 Å². The predicted octanol–water partition coefficient (Wildman–Crippen LogP) is 2.72. The lowest BCUT2D eigenvalue weighted by atomic mass is 9.69. The SMILES string of the molecule is CC(NC(=O)CC1(CC(=O)O)CCCCC1)C1CC1. The van der Waals surface area contributed by atoms with Crippen molar-refractivity contribution in [2.24, 2.45) is 11.3 Å². The molecule has 2 N–H and O–H groups in total. The first kappa shape index (κ1) is 14.4. The molecule has 2 aliphatic rings. The van der Waals surface area contributed by atoms with Crippen molar-refractivity contribution in [2.75, 3.05) is 0 Å². The average Bonchev–Trinajstić information content (AvgIpc) is 3.11. The van der Waals surface area contributed by atoms with Crippen LogP contribution in [0.1, 0.15) is 64.7 Å². The number of hydrogen-bond acceptors (Lipinski definition) is 2. The van der Waals surface area contributed by atoms with Crippen LogP contribution in [0.15, 0.2) is 0 Å². The Morgan fingerprint density at radius 1 is 1.21 bits per heavy atom. The standard InChI is InChI=1S/C15H25NO3/c1-11(12-5-6-12)16-13(17)9-15(10-14(18)19)7-3-2-4-8-15/h11-12H,2-10H2,1H3,(H,16,17)(H,18,19). The molecule has 2 aliphatic carbocycles. The predicted molar refractivity (Wildman–Crippen MR) is 72.7 cm³/mol. The number of carboxylic acid groups (broad SMARTS) is 1. The molecule has 1 amide bonds. The molecule has 0 bridgehead atoms. The molecule has 2 saturated carbocycles. The van der Waals surface area contributed by atoms with Crippen molar-refractivity contribution in [3.05, 3.63) is 0 Å². The first-order chi connectivity index (χ1) is 9.01. The molecular formula is C15H25NO3. The van der Waals surface area contributed by atoms with Gasteiger partial charge in [0.25, 0.3) is 0 Å². The number of rotatable bonds is 6. The summed E-state index contributed by atoms with van der Waals surface area (Å²) in [6.45, 7) is 2.06. The topological polar surface area (TPSA) is 66.4 Å². The summed E-state index contributed by atoms with van der Waals surface area (Å²) in [5, 5.41) is 12.1. The molecule has 108 valence electrons. The minimum absolute atomic E-state index is 0.0440. The largest absolute Gasteiger partial charge is 0.481 e. The number of amides is 1. The Balaban J connectivity index is 1.90. The zero-order chi connectivity index (χ0) is 13.9. The number of aliphatic carboxylic acids is 1. The van der Waals surface area contributed by atoms with E-state index in [4.69, 9.17) is 5.11 Å². The van der Waals surface area contributed by atoms with Crippen molar-refractivity contribution < 1.29 is 14.7 Å². The van der Waals surface area contributed by atoms with E-state index in [1.807, 2.05) is 0 Å². The average molecular weight is 267 g/mol. The van der Waals surface area contributed by atoms with Gasteiger partial charge in [-0.3, -0.25) is 9.59 Å². The van der Waals surface area contributed by atoms with Gasteiger partial charge in [0, 0.05) is 12.5 Å². The molecule has 0 aromatic heterocycles. The maximum absolute atomic E-state index is 12.1. The third kappa shape index (κ3) is 4.22. The van der Waals surface area contributed by atoms with E-state index in [9.17, 15) is 9.59 Å². The van der Waals surface area contributed by atoms with E-state index in [2.05, 4.69) is 12.2 Å². The van der Waals surface area contributed by atoms with E-state index in [-0.39, 0.29) is 23.8 Å². The normalized spacial score (nSPS) is 23.6. The second-order valence-electron chi connectivity index (χ2n) is 6.50. The molecule has 1 atom stereocenters. The van der Waals surface area contributed by atoms with Crippen LogP contribution >= 0.6 is 0 Å². The number of carboxylic acids is 1. The molecule has 0 aliphatic heterocycles. The molecule has 2 rings (SSSR count). The molecule has 4 nitrogen and oxygen atoms in total. The van der Waals surface area contributed by atoms with Crippen molar-refractivity contribution >= 4 is 11.9 Å². The fourth-order valence-electron chi connectivity index (χ4n) is 3.40. The Morgan fingerprint density at radius 2 is 1.84 bits per heavy atom. The van der Waals surface area contributed by atoms with Crippen LogP contribution in [0.5, 0.6) is 0 Å². The fraction of sp³-hybridized carbons (Fsp3) is 0.867. The highest BCUT2D eigenvalue weighted by atomic mass is 16.4. The van der Waals surface area contributed by atoms with Crippen LogP contribution in [-0.2, 0) is 9.59 Å². The first-order valence-corrected chi connectivity index (χ1v) is 7.52. The molecule has 0 aromatic rings. The maximum atomic E-state index is 12.1. The molecule has 0 aromatic carbocycles. The van der Waals surface area contributed by atoms with E-state index in [1.165, 1.54) is 19.3 Å². The van der Waals surface area contributed by atoms with Gasteiger partial charge in [0.2, 0.25) is 5.91 Å². The molecule has 4 heteroatoms. The van der Waals surface area contributed by atoms with Crippen molar-refractivity contribution in [3.8, 4) is 0 Å². The highest BCUT2D eigenvalue weighted by molar-refractivity contribution is 5.78. The number of carbonyl (C=O) groups is 2. The lowest BCUT2D eigenvalue weighted by Crippen LogP contribution is -2.39. The Morgan fingerprint density at radius 3 is 2.37 bits per heavy atom. The molecule has 1 unspecified atom stereocenters. The molecular weight excluding hydrogens is 242 g/mol. The number of nitrogens with one attached hydrogen (secondary N) is 1. The summed E-state index contributed by atoms with van der Waals surface area (Å²) in [4.78, 5) is 23.2. The van der Waals surface area contributed by atoms with Crippen molar-refractivity contribution in [2.45, 2.75) is 70.8 Å². The van der Waals surface area contributed by atoms with Crippen molar-refractivity contribution in [3.63, 3.8) is 0 Å². The Kier molecular flexibility index (Phi) is 4.48. The second kappa shape index (κ2) is 5.93. The van der Waals surface area contributed by atoms with Crippen LogP contribution in [0.2, 0.25) is 0 Å². The molecule has 0 heterocycles. The van der Waals surface area contributed by atoms with Crippen LogP contribution < -0.4 is 5.32 Å². The maximum Gasteiger partial charge on any atom is 0.303 e. The molecule has 0 saturated heterocycles. The van der Waals surface area contributed by atoms with Gasteiger partial charge < -0.3 is 10.4 Å². The van der Waals surface area contributed by atoms with Gasteiger partial charge in [-0.1, -0.05) is 19.3 Å². The van der Waals surface area contributed by atoms with Crippen LogP contribution in [0.25, 0.3) is 0 Å². The summed E-state index contributed by atoms with van der Waals surface area (Å²) >= 11 is 0. The van der Waals surface area contributed by atoms with Crippen molar-refractivity contribution in [1.29, 1.82) is 0 Å². The third-order valence-electron chi connectivity index (χ3n) is 4.69. The summed E-state index contributed by atoms with van der Waals surface area (Å²) in [6, 6.07) is 0.248. The molecule has 2 fully saturated rings. The van der Waals surface area contributed by atoms with Crippen LogP contribution in [-0.4, -0.2) is 23.0 Å². The smallest absolute Gasteiger partial charge is 0.303 e. The summed E-state index contributed by atoms with van der Waals surface area (Å²) in [5.41, 5.74) is -0.294. The van der Waals surface area contributed by atoms with Gasteiger partial charge in [0.15, 0.2) is 0 Å². The minimum atomic E-state index is -0.773. The fourth-order valence-corrected chi connectivity index (χ4v) is 3.40. The molecule has 0 radical (unpaired) electrons. The van der Waals surface area contributed by atoms with Gasteiger partial charge in [-0.05, 0) is 43.9 Å². The summed E-state index contributed by atoms with van der Waals surface area (Å²) in [6.07, 6.45) is 7.98. The summed E-state index contributed by atoms with van der Waals surface area (Å²) in [7, 11) is 0. The third-order valence-corrected chi connectivity index (χ3v) is 4.69. The lowest BCUT2D eigenvalue weighted by Gasteiger charge is -2.35. The van der Waals surface area contributed by atoms with Gasteiger partial charge in [-0.25, -0.2) is 0 Å². The van der Waals surface area contributed by atoms with E-state index < -0.39 is 5.97 Å². The highest BCUT2D eigenvalue weighted by Gasteiger charge is 2.37. The number of carbonyl (C=O) groups excluding carboxylic acids is 1. The molecule has 19 heavy (non-hydrogen) atoms. The van der Waals surface area contributed by atoms with E-state index >= 15 is 0 Å². The number of hydrogen-bond donors (Lipinski definition) is 2. The van der Waals surface area contributed by atoms with Gasteiger partial charge in [0.05, 0.1) is 6.42 Å². The zero-order valence-corrected chi connectivity index (χ0v) is 11.8. The van der Waals surface area contributed by atoms with Gasteiger partial charge in [-0.15, -0.1) is 0 Å². The zero-order valence-electron chi connectivity index (χ0n) is 11.8. The van der Waals surface area contributed by atoms with Crippen LogP contribution in [0.3, 0.4) is 0 Å². The quantitative estimate of drug-likeness (QED) is 0.777. The van der Waals surface area contributed by atoms with Crippen molar-refractivity contribution in [1.82, 2.24) is 5.32 Å². The highest BCUT2D eigenvalue weighted by Crippen LogP contribution is 2.42. The first-order valence-electron chi connectivity index (χ1n) is 7.52. The second-order valence-corrected chi connectivity index (χ2v) is 6.50. The summed E-state index contributed by atoms with van der Waals surface area (Å²) < 4.78 is 0. The van der Waals surface area contributed by atoms with E-state index in [1.54, 1.807) is 0 Å². The minimum Gasteiger partial charge on any atom is -0.481 e. The van der Waals surface area contributed by atoms with Gasteiger partial charge in [0.1, 0.15) is 0 Å². The summed E-state index contributed by atoms with van der Waals surface area (Å²) in [5.74, 6) is -0.0850. The lowest BCUT2D eigenvalue weighted by molar-refractivity contribution is -0.141. The Hall–Kier alpha value is -1.06. The Labute approximate surface area is 115 Å². The van der Waals surface area contributed by atoms with E-state index in [0.29, 0.717) is 12.3 Å². The van der Waals surface area contributed by atoms with Gasteiger partial charge >= 0.3 is 5.97 Å². The Bertz CT molecular complexity index is 343. The van der Waals surface area contributed by atoms with Crippen LogP contribution in [0, 0.1) is 11.3 Å².